The third-order valence-corrected chi connectivity index (χ3v) is 3.75. The Morgan fingerprint density at radius 2 is 2.12 bits per heavy atom. The van der Waals surface area contributed by atoms with Gasteiger partial charge in [-0.25, -0.2) is 0 Å². The summed E-state index contributed by atoms with van der Waals surface area (Å²) in [6.45, 7) is 2.61. The van der Waals surface area contributed by atoms with Crippen LogP contribution in [0.3, 0.4) is 0 Å². The van der Waals surface area contributed by atoms with Gasteiger partial charge in [-0.05, 0) is 25.7 Å². The molecule has 1 rings (SSSR count). The Morgan fingerprint density at radius 3 is 2.62 bits per heavy atom. The third kappa shape index (κ3) is 4.43. The van der Waals surface area contributed by atoms with E-state index in [9.17, 15) is 9.59 Å². The SMILES string of the molecule is COC(=O)C(C)SCC(=O)N(C)CC1CC1. The number of hydrogen-bond donors (Lipinski definition) is 0. The van der Waals surface area contributed by atoms with Gasteiger partial charge in [0.25, 0.3) is 0 Å². The van der Waals surface area contributed by atoms with Gasteiger partial charge in [-0.3, -0.25) is 9.59 Å². The van der Waals surface area contributed by atoms with Crippen LogP contribution in [0, 0.1) is 5.92 Å². The first kappa shape index (κ1) is 13.4. The summed E-state index contributed by atoms with van der Waals surface area (Å²) in [4.78, 5) is 24.5. The maximum atomic E-state index is 11.7. The summed E-state index contributed by atoms with van der Waals surface area (Å²) >= 11 is 1.33. The number of carbonyl (C=O) groups excluding carboxylic acids is 2. The molecule has 0 aliphatic heterocycles. The number of amides is 1. The molecule has 0 bridgehead atoms. The molecule has 0 saturated heterocycles. The molecule has 0 aromatic rings. The van der Waals surface area contributed by atoms with E-state index in [0.29, 0.717) is 11.7 Å². The Labute approximate surface area is 101 Å². The van der Waals surface area contributed by atoms with Crippen molar-refractivity contribution in [3.63, 3.8) is 0 Å². The quantitative estimate of drug-likeness (QED) is 0.659. The van der Waals surface area contributed by atoms with E-state index < -0.39 is 0 Å². The molecule has 1 amide bonds. The summed E-state index contributed by atoms with van der Waals surface area (Å²) in [6, 6.07) is 0. The lowest BCUT2D eigenvalue weighted by atomic mass is 10.4. The molecule has 1 saturated carbocycles. The Balaban J connectivity index is 2.19. The standard InChI is InChI=1S/C11H19NO3S/c1-8(11(14)15-3)16-7-10(13)12(2)6-9-4-5-9/h8-9H,4-7H2,1-3H3. The minimum absolute atomic E-state index is 0.0904. The maximum Gasteiger partial charge on any atom is 0.318 e. The van der Waals surface area contributed by atoms with E-state index in [2.05, 4.69) is 4.74 Å². The highest BCUT2D eigenvalue weighted by Crippen LogP contribution is 2.29. The van der Waals surface area contributed by atoms with Crippen molar-refractivity contribution >= 4 is 23.6 Å². The predicted octanol–water partition coefficient (Wildman–Crippen LogP) is 1.15. The summed E-state index contributed by atoms with van der Waals surface area (Å²) in [6.07, 6.45) is 2.48. The number of ether oxygens (including phenoxy) is 1. The Kier molecular flexibility index (Phi) is 5.12. The fourth-order valence-corrected chi connectivity index (χ4v) is 2.18. The van der Waals surface area contributed by atoms with Gasteiger partial charge in [0.2, 0.25) is 5.91 Å². The van der Waals surface area contributed by atoms with Crippen LogP contribution in [-0.4, -0.2) is 48.5 Å². The van der Waals surface area contributed by atoms with Gasteiger partial charge >= 0.3 is 5.97 Å². The lowest BCUT2D eigenvalue weighted by Gasteiger charge is -2.17. The molecule has 1 aliphatic carbocycles. The van der Waals surface area contributed by atoms with Crippen molar-refractivity contribution in [2.75, 3.05) is 26.5 Å². The first-order valence-corrected chi connectivity index (χ1v) is 6.53. The van der Waals surface area contributed by atoms with E-state index in [4.69, 9.17) is 0 Å². The van der Waals surface area contributed by atoms with Crippen molar-refractivity contribution in [1.82, 2.24) is 4.90 Å². The molecule has 4 nitrogen and oxygen atoms in total. The molecule has 1 fully saturated rings. The van der Waals surface area contributed by atoms with Crippen LogP contribution in [0.1, 0.15) is 19.8 Å². The fourth-order valence-electron chi connectivity index (χ4n) is 1.33. The number of carbonyl (C=O) groups is 2. The normalized spacial score (nSPS) is 16.7. The topological polar surface area (TPSA) is 46.6 Å². The molecule has 1 aliphatic rings. The number of methoxy groups -OCH3 is 1. The summed E-state index contributed by atoms with van der Waals surface area (Å²) in [7, 11) is 3.18. The van der Waals surface area contributed by atoms with E-state index in [-0.39, 0.29) is 17.1 Å². The molecule has 5 heteroatoms. The summed E-state index contributed by atoms with van der Waals surface area (Å²) in [5.41, 5.74) is 0. The molecule has 0 aromatic carbocycles. The van der Waals surface area contributed by atoms with Crippen LogP contribution in [-0.2, 0) is 14.3 Å². The van der Waals surface area contributed by atoms with Gasteiger partial charge in [0.1, 0.15) is 5.25 Å². The van der Waals surface area contributed by atoms with E-state index in [1.807, 2.05) is 7.05 Å². The smallest absolute Gasteiger partial charge is 0.318 e. The number of rotatable bonds is 6. The molecule has 1 atom stereocenters. The zero-order valence-electron chi connectivity index (χ0n) is 10.1. The molecule has 16 heavy (non-hydrogen) atoms. The fraction of sp³-hybridized carbons (Fsp3) is 0.818. The van der Waals surface area contributed by atoms with Crippen LogP contribution in [0.15, 0.2) is 0 Å². The number of thioether (sulfide) groups is 1. The molecule has 0 spiro atoms. The summed E-state index contributed by atoms with van der Waals surface area (Å²) in [5, 5.41) is -0.275. The second-order valence-electron chi connectivity index (χ2n) is 4.19. The van der Waals surface area contributed by atoms with Crippen molar-refractivity contribution < 1.29 is 14.3 Å². The van der Waals surface area contributed by atoms with Crippen LogP contribution in [0.4, 0.5) is 0 Å². The summed E-state index contributed by atoms with van der Waals surface area (Å²) < 4.78 is 4.59. The molecule has 92 valence electrons. The second kappa shape index (κ2) is 6.13. The average molecular weight is 245 g/mol. The lowest BCUT2D eigenvalue weighted by molar-refractivity contribution is -0.139. The largest absolute Gasteiger partial charge is 0.468 e. The monoisotopic (exact) mass is 245 g/mol. The van der Waals surface area contributed by atoms with Gasteiger partial charge in [-0.1, -0.05) is 0 Å². The highest BCUT2D eigenvalue weighted by atomic mass is 32.2. The van der Waals surface area contributed by atoms with Crippen molar-refractivity contribution in [2.45, 2.75) is 25.0 Å². The Hall–Kier alpha value is -0.710. The van der Waals surface area contributed by atoms with Crippen LogP contribution >= 0.6 is 11.8 Å². The lowest BCUT2D eigenvalue weighted by Crippen LogP contribution is -2.31. The van der Waals surface area contributed by atoms with Crippen LogP contribution in [0.2, 0.25) is 0 Å². The van der Waals surface area contributed by atoms with Gasteiger partial charge in [0, 0.05) is 13.6 Å². The van der Waals surface area contributed by atoms with E-state index in [1.165, 1.54) is 31.7 Å². The van der Waals surface area contributed by atoms with Crippen molar-refractivity contribution in [3.05, 3.63) is 0 Å². The number of hydrogen-bond acceptors (Lipinski definition) is 4. The third-order valence-electron chi connectivity index (χ3n) is 2.64. The van der Waals surface area contributed by atoms with Crippen LogP contribution < -0.4 is 0 Å². The molecule has 0 heterocycles. The van der Waals surface area contributed by atoms with Crippen LogP contribution in [0.5, 0.6) is 0 Å². The minimum atomic E-state index is -0.275. The molecule has 1 unspecified atom stereocenters. The zero-order chi connectivity index (χ0) is 12.1. The molecular weight excluding hydrogens is 226 g/mol. The second-order valence-corrected chi connectivity index (χ2v) is 5.52. The van der Waals surface area contributed by atoms with Crippen LogP contribution in [0.25, 0.3) is 0 Å². The highest BCUT2D eigenvalue weighted by Gasteiger charge is 2.25. The Bertz CT molecular complexity index is 266. The molecule has 0 radical (unpaired) electrons. The highest BCUT2D eigenvalue weighted by molar-refractivity contribution is 8.01. The van der Waals surface area contributed by atoms with E-state index >= 15 is 0 Å². The minimum Gasteiger partial charge on any atom is -0.468 e. The van der Waals surface area contributed by atoms with Crippen molar-refractivity contribution in [1.29, 1.82) is 0 Å². The number of nitrogens with zero attached hydrogens (tertiary/aromatic N) is 1. The van der Waals surface area contributed by atoms with Gasteiger partial charge < -0.3 is 9.64 Å². The van der Waals surface area contributed by atoms with E-state index in [0.717, 1.165) is 6.54 Å². The predicted molar refractivity (Wildman–Crippen MR) is 64.3 cm³/mol. The van der Waals surface area contributed by atoms with Crippen molar-refractivity contribution in [2.24, 2.45) is 5.92 Å². The first-order chi connectivity index (χ1) is 7.54. The molecular formula is C11H19NO3S. The van der Waals surface area contributed by atoms with Gasteiger partial charge in [0.15, 0.2) is 0 Å². The zero-order valence-corrected chi connectivity index (χ0v) is 10.9. The average Bonchev–Trinajstić information content (AvgIpc) is 3.07. The van der Waals surface area contributed by atoms with Gasteiger partial charge in [-0.15, -0.1) is 11.8 Å². The van der Waals surface area contributed by atoms with Crippen molar-refractivity contribution in [3.8, 4) is 0 Å². The summed E-state index contributed by atoms with van der Waals surface area (Å²) in [5.74, 6) is 0.867. The molecule has 0 aromatic heterocycles. The Morgan fingerprint density at radius 1 is 1.50 bits per heavy atom. The molecule has 0 N–H and O–H groups in total. The maximum absolute atomic E-state index is 11.7. The van der Waals surface area contributed by atoms with Gasteiger partial charge in [-0.2, -0.15) is 0 Å². The number of esters is 1. The van der Waals surface area contributed by atoms with E-state index in [1.54, 1.807) is 11.8 Å². The van der Waals surface area contributed by atoms with Gasteiger partial charge in [0.05, 0.1) is 12.9 Å². The first-order valence-electron chi connectivity index (χ1n) is 5.48.